The number of nitrogens with zero attached hydrogens (tertiary/aromatic N) is 2. The fourth-order valence-electron chi connectivity index (χ4n) is 3.33. The summed E-state index contributed by atoms with van der Waals surface area (Å²) in [7, 11) is 0. The average Bonchev–Trinajstić information content (AvgIpc) is 2.57. The number of halogens is 3. The summed E-state index contributed by atoms with van der Waals surface area (Å²) in [5.74, 6) is 0.0325. The molecule has 0 bridgehead atoms. The molecular weight excluding hydrogens is 345 g/mol. The Kier molecular flexibility index (Phi) is 7.32. The molecule has 1 atom stereocenters. The lowest BCUT2D eigenvalue weighted by Gasteiger charge is -2.32. The zero-order valence-corrected chi connectivity index (χ0v) is 15.4. The summed E-state index contributed by atoms with van der Waals surface area (Å²) in [5, 5.41) is 0. The van der Waals surface area contributed by atoms with Crippen molar-refractivity contribution < 1.29 is 22.7 Å². The van der Waals surface area contributed by atoms with Crippen LogP contribution in [0.2, 0.25) is 0 Å². The van der Waals surface area contributed by atoms with E-state index >= 15 is 0 Å². The molecule has 1 saturated heterocycles. The van der Waals surface area contributed by atoms with Gasteiger partial charge in [0.1, 0.15) is 5.75 Å². The third-order valence-corrected chi connectivity index (χ3v) is 4.80. The second-order valence-corrected chi connectivity index (χ2v) is 6.71. The molecule has 0 radical (unpaired) electrons. The minimum absolute atomic E-state index is 0.204. The van der Waals surface area contributed by atoms with Crippen molar-refractivity contribution in [2.24, 2.45) is 0 Å². The van der Waals surface area contributed by atoms with E-state index in [4.69, 9.17) is 0 Å². The smallest absolute Gasteiger partial charge is 0.406 e. The van der Waals surface area contributed by atoms with Gasteiger partial charge in [-0.25, -0.2) is 0 Å². The van der Waals surface area contributed by atoms with Crippen molar-refractivity contribution in [2.75, 3.05) is 26.2 Å². The van der Waals surface area contributed by atoms with E-state index in [1.807, 2.05) is 4.90 Å². The van der Waals surface area contributed by atoms with Gasteiger partial charge in [0.15, 0.2) is 0 Å². The summed E-state index contributed by atoms with van der Waals surface area (Å²) < 4.78 is 40.5. The molecule has 1 aromatic rings. The zero-order chi connectivity index (χ0) is 19.2. The summed E-state index contributed by atoms with van der Waals surface area (Å²) in [4.78, 5) is 16.1. The predicted octanol–water partition coefficient (Wildman–Crippen LogP) is 3.85. The topological polar surface area (TPSA) is 32.8 Å². The second kappa shape index (κ2) is 9.26. The van der Waals surface area contributed by atoms with Crippen molar-refractivity contribution in [1.82, 2.24) is 9.80 Å². The maximum absolute atomic E-state index is 12.2. The van der Waals surface area contributed by atoms with Crippen molar-refractivity contribution in [3.63, 3.8) is 0 Å². The first kappa shape index (κ1) is 20.6. The van der Waals surface area contributed by atoms with Crippen molar-refractivity contribution in [2.45, 2.75) is 51.9 Å². The second-order valence-electron chi connectivity index (χ2n) is 6.71. The Labute approximate surface area is 152 Å². The van der Waals surface area contributed by atoms with Crippen LogP contribution in [0.1, 0.15) is 38.7 Å². The molecule has 0 aliphatic carbocycles. The van der Waals surface area contributed by atoms with Crippen LogP contribution in [0.25, 0.3) is 0 Å². The largest absolute Gasteiger partial charge is 0.573 e. The number of ether oxygens (including phenoxy) is 1. The number of benzene rings is 1. The van der Waals surface area contributed by atoms with Crippen LogP contribution in [0.5, 0.6) is 5.75 Å². The summed E-state index contributed by atoms with van der Waals surface area (Å²) in [6, 6.07) is 6.25. The zero-order valence-electron chi connectivity index (χ0n) is 15.4. The number of hydrogen-bond acceptors (Lipinski definition) is 3. The molecule has 1 unspecified atom stereocenters. The first-order valence-electron chi connectivity index (χ1n) is 9.15. The maximum atomic E-state index is 12.2. The van der Waals surface area contributed by atoms with E-state index in [2.05, 4.69) is 23.5 Å². The van der Waals surface area contributed by atoms with Crippen LogP contribution in [0.3, 0.4) is 0 Å². The fourth-order valence-corrected chi connectivity index (χ4v) is 3.33. The van der Waals surface area contributed by atoms with Crippen molar-refractivity contribution in [3.8, 4) is 5.75 Å². The Morgan fingerprint density at radius 3 is 2.50 bits per heavy atom. The molecule has 0 aromatic heterocycles. The molecule has 1 aliphatic rings. The Morgan fingerprint density at radius 1 is 1.23 bits per heavy atom. The van der Waals surface area contributed by atoms with E-state index in [1.165, 1.54) is 12.1 Å². The van der Waals surface area contributed by atoms with E-state index < -0.39 is 6.36 Å². The highest BCUT2D eigenvalue weighted by molar-refractivity contribution is 5.76. The summed E-state index contributed by atoms with van der Waals surface area (Å²) in [5.41, 5.74) is 0.958. The van der Waals surface area contributed by atoms with E-state index in [0.717, 1.165) is 51.0 Å². The number of carbonyl (C=O) groups is 1. The molecule has 1 aliphatic heterocycles. The van der Waals surface area contributed by atoms with Gasteiger partial charge < -0.3 is 9.64 Å². The SMILES string of the molecule is CCN(CCN1CCCCC1=O)C(C)Cc1ccc(OC(F)(F)F)cc1. The molecule has 7 heteroatoms. The van der Waals surface area contributed by atoms with E-state index in [0.29, 0.717) is 6.42 Å². The first-order chi connectivity index (χ1) is 12.3. The summed E-state index contributed by atoms with van der Waals surface area (Å²) in [6.07, 6.45) is -1.24. The number of likely N-dealkylation sites (tertiary alicyclic amines) is 1. The van der Waals surface area contributed by atoms with Crippen molar-refractivity contribution >= 4 is 5.91 Å². The van der Waals surface area contributed by atoms with Gasteiger partial charge in [0.05, 0.1) is 0 Å². The number of amides is 1. The van der Waals surface area contributed by atoms with Crippen LogP contribution in [0.4, 0.5) is 13.2 Å². The molecule has 0 spiro atoms. The lowest BCUT2D eigenvalue weighted by atomic mass is 10.1. The Bertz CT molecular complexity index is 575. The highest BCUT2D eigenvalue weighted by Crippen LogP contribution is 2.23. The lowest BCUT2D eigenvalue weighted by Crippen LogP contribution is -2.44. The third-order valence-electron chi connectivity index (χ3n) is 4.80. The van der Waals surface area contributed by atoms with Gasteiger partial charge in [0, 0.05) is 32.1 Å². The van der Waals surface area contributed by atoms with E-state index in [9.17, 15) is 18.0 Å². The quantitative estimate of drug-likeness (QED) is 0.695. The maximum Gasteiger partial charge on any atom is 0.573 e. The van der Waals surface area contributed by atoms with Crippen LogP contribution in [0, 0.1) is 0 Å². The highest BCUT2D eigenvalue weighted by Gasteiger charge is 2.31. The standard InChI is InChI=1S/C19H27F3N2O2/c1-3-23(12-13-24-11-5-4-6-18(24)25)15(2)14-16-7-9-17(10-8-16)26-19(20,21)22/h7-10,15H,3-6,11-14H2,1-2H3. The molecule has 1 heterocycles. The molecule has 2 rings (SSSR count). The minimum Gasteiger partial charge on any atom is -0.406 e. The Hall–Kier alpha value is -1.76. The molecule has 0 N–H and O–H groups in total. The normalized spacial score (nSPS) is 16.8. The first-order valence-corrected chi connectivity index (χ1v) is 9.15. The number of carbonyl (C=O) groups excluding carboxylic acids is 1. The molecule has 1 amide bonds. The van der Waals surface area contributed by atoms with Gasteiger partial charge in [-0.05, 0) is 50.4 Å². The molecule has 26 heavy (non-hydrogen) atoms. The molecule has 1 fully saturated rings. The van der Waals surface area contributed by atoms with Crippen LogP contribution < -0.4 is 4.74 Å². The Morgan fingerprint density at radius 2 is 1.92 bits per heavy atom. The lowest BCUT2D eigenvalue weighted by molar-refractivity contribution is -0.274. The van der Waals surface area contributed by atoms with Gasteiger partial charge in [-0.2, -0.15) is 0 Å². The highest BCUT2D eigenvalue weighted by atomic mass is 19.4. The van der Waals surface area contributed by atoms with Crippen LogP contribution in [0.15, 0.2) is 24.3 Å². The minimum atomic E-state index is -4.67. The number of alkyl halides is 3. The average molecular weight is 372 g/mol. The van der Waals surface area contributed by atoms with Crippen LogP contribution >= 0.6 is 0 Å². The number of rotatable bonds is 8. The van der Waals surface area contributed by atoms with Crippen LogP contribution in [-0.2, 0) is 11.2 Å². The summed E-state index contributed by atoms with van der Waals surface area (Å²) in [6.45, 7) is 7.41. The van der Waals surface area contributed by atoms with Crippen molar-refractivity contribution in [1.29, 1.82) is 0 Å². The van der Waals surface area contributed by atoms with Gasteiger partial charge >= 0.3 is 6.36 Å². The van der Waals surface area contributed by atoms with Gasteiger partial charge in [0.2, 0.25) is 5.91 Å². The van der Waals surface area contributed by atoms with Gasteiger partial charge in [0.25, 0.3) is 0 Å². The number of hydrogen-bond donors (Lipinski definition) is 0. The Balaban J connectivity index is 1.85. The molecule has 4 nitrogen and oxygen atoms in total. The predicted molar refractivity (Wildman–Crippen MR) is 94.0 cm³/mol. The van der Waals surface area contributed by atoms with Gasteiger partial charge in [-0.3, -0.25) is 9.69 Å². The molecule has 0 saturated carbocycles. The van der Waals surface area contributed by atoms with E-state index in [-0.39, 0.29) is 17.7 Å². The molecular formula is C19H27F3N2O2. The van der Waals surface area contributed by atoms with Crippen LogP contribution in [-0.4, -0.2) is 54.3 Å². The molecule has 1 aromatic carbocycles. The third kappa shape index (κ3) is 6.52. The molecule has 146 valence electrons. The monoisotopic (exact) mass is 372 g/mol. The van der Waals surface area contributed by atoms with E-state index in [1.54, 1.807) is 12.1 Å². The van der Waals surface area contributed by atoms with Crippen molar-refractivity contribution in [3.05, 3.63) is 29.8 Å². The number of likely N-dealkylation sites (N-methyl/N-ethyl adjacent to an activating group) is 1. The summed E-state index contributed by atoms with van der Waals surface area (Å²) >= 11 is 0. The van der Waals surface area contributed by atoms with Gasteiger partial charge in [-0.1, -0.05) is 19.1 Å². The number of piperidine rings is 1. The van der Waals surface area contributed by atoms with Gasteiger partial charge in [-0.15, -0.1) is 13.2 Å². The fraction of sp³-hybridized carbons (Fsp3) is 0.632.